The van der Waals surface area contributed by atoms with E-state index in [1.807, 2.05) is 0 Å². The Kier molecular flexibility index (Phi) is 4.80. The number of carbonyl (C=O) groups excluding carboxylic acids is 1. The van der Waals surface area contributed by atoms with Crippen LogP contribution in [0.4, 0.5) is 11.4 Å². The Morgan fingerprint density at radius 1 is 1.04 bits per heavy atom. The minimum Gasteiger partial charge on any atom is -0.507 e. The molecule has 0 aromatic heterocycles. The predicted octanol–water partition coefficient (Wildman–Crippen LogP) is 1.97. The van der Waals surface area contributed by atoms with Crippen molar-refractivity contribution in [2.45, 2.75) is 0 Å². The summed E-state index contributed by atoms with van der Waals surface area (Å²) in [6.45, 7) is 0. The van der Waals surface area contributed by atoms with Crippen LogP contribution in [0, 0.1) is 20.2 Å². The van der Waals surface area contributed by atoms with Gasteiger partial charge < -0.3 is 5.11 Å². The molecule has 0 fully saturated rings. The lowest BCUT2D eigenvalue weighted by molar-refractivity contribution is -0.385. The second-order valence-electron chi connectivity index (χ2n) is 4.50. The first-order valence-electron chi connectivity index (χ1n) is 6.44. The summed E-state index contributed by atoms with van der Waals surface area (Å²) in [7, 11) is 0. The number of nitro groups is 2. The summed E-state index contributed by atoms with van der Waals surface area (Å²) < 4.78 is 0. The third-order valence-corrected chi connectivity index (χ3v) is 2.93. The van der Waals surface area contributed by atoms with Crippen molar-refractivity contribution >= 4 is 23.5 Å². The Morgan fingerprint density at radius 2 is 1.62 bits per heavy atom. The highest BCUT2D eigenvalue weighted by molar-refractivity contribution is 5.95. The van der Waals surface area contributed by atoms with E-state index in [9.17, 15) is 30.1 Å². The van der Waals surface area contributed by atoms with E-state index < -0.39 is 15.8 Å². The van der Waals surface area contributed by atoms with Gasteiger partial charge in [0.15, 0.2) is 0 Å². The van der Waals surface area contributed by atoms with Crippen molar-refractivity contribution in [2.75, 3.05) is 0 Å². The fourth-order valence-corrected chi connectivity index (χ4v) is 1.72. The maximum absolute atomic E-state index is 11.8. The molecule has 0 spiro atoms. The zero-order chi connectivity index (χ0) is 17.7. The molecule has 122 valence electrons. The molecule has 0 bridgehead atoms. The van der Waals surface area contributed by atoms with E-state index in [0.717, 1.165) is 24.4 Å². The molecule has 0 atom stereocenters. The number of hydrogen-bond acceptors (Lipinski definition) is 7. The van der Waals surface area contributed by atoms with Crippen molar-refractivity contribution < 1.29 is 19.7 Å². The average Bonchev–Trinajstić information content (AvgIpc) is 2.56. The van der Waals surface area contributed by atoms with Crippen LogP contribution >= 0.6 is 0 Å². The lowest BCUT2D eigenvalue weighted by Crippen LogP contribution is -2.17. The molecule has 2 aromatic rings. The number of nitrogens with zero attached hydrogens (tertiary/aromatic N) is 3. The molecule has 0 aliphatic heterocycles. The number of hydrogen-bond donors (Lipinski definition) is 2. The van der Waals surface area contributed by atoms with Gasteiger partial charge in [0.1, 0.15) is 5.75 Å². The highest BCUT2D eigenvalue weighted by Gasteiger charge is 2.10. The number of phenols is 1. The molecule has 0 aliphatic carbocycles. The number of hydrazone groups is 1. The van der Waals surface area contributed by atoms with Crippen LogP contribution in [-0.2, 0) is 0 Å². The van der Waals surface area contributed by atoms with E-state index in [1.54, 1.807) is 0 Å². The first-order chi connectivity index (χ1) is 11.4. The third-order valence-electron chi connectivity index (χ3n) is 2.93. The molecule has 0 radical (unpaired) electrons. The van der Waals surface area contributed by atoms with Crippen molar-refractivity contribution in [3.63, 3.8) is 0 Å². The number of amides is 1. The van der Waals surface area contributed by atoms with E-state index in [2.05, 4.69) is 10.5 Å². The number of rotatable bonds is 5. The Hall–Kier alpha value is -3.82. The molecule has 10 heteroatoms. The first kappa shape index (κ1) is 16.5. The molecule has 0 saturated carbocycles. The van der Waals surface area contributed by atoms with Crippen LogP contribution in [0.1, 0.15) is 15.9 Å². The number of nitro benzene ring substituents is 2. The quantitative estimate of drug-likeness (QED) is 0.486. The van der Waals surface area contributed by atoms with Gasteiger partial charge in [0.25, 0.3) is 17.3 Å². The molecule has 0 saturated heterocycles. The highest BCUT2D eigenvalue weighted by atomic mass is 16.6. The van der Waals surface area contributed by atoms with Crippen molar-refractivity contribution in [1.29, 1.82) is 0 Å². The Bertz CT molecular complexity index is 832. The normalized spacial score (nSPS) is 10.5. The molecule has 24 heavy (non-hydrogen) atoms. The van der Waals surface area contributed by atoms with Crippen molar-refractivity contribution in [1.82, 2.24) is 5.43 Å². The number of carbonyl (C=O) groups is 1. The van der Waals surface area contributed by atoms with Gasteiger partial charge >= 0.3 is 0 Å². The number of nitrogens with one attached hydrogen (secondary N) is 1. The molecule has 2 aromatic carbocycles. The number of non-ortho nitro benzene ring substituents is 2. The molecular formula is C14H10N4O6. The second-order valence-corrected chi connectivity index (χ2v) is 4.50. The summed E-state index contributed by atoms with van der Waals surface area (Å²) in [6, 6.07) is 8.22. The molecular weight excluding hydrogens is 320 g/mol. The van der Waals surface area contributed by atoms with E-state index in [1.165, 1.54) is 24.3 Å². The molecule has 0 heterocycles. The summed E-state index contributed by atoms with van der Waals surface area (Å²) in [5, 5.41) is 34.4. The van der Waals surface area contributed by atoms with Gasteiger partial charge in [-0.15, -0.1) is 0 Å². The van der Waals surface area contributed by atoms with E-state index in [0.29, 0.717) is 0 Å². The Balaban J connectivity index is 2.08. The summed E-state index contributed by atoms with van der Waals surface area (Å²) in [5.41, 5.74) is 1.94. The highest BCUT2D eigenvalue weighted by Crippen LogP contribution is 2.21. The van der Waals surface area contributed by atoms with Gasteiger partial charge in [-0.05, 0) is 18.2 Å². The maximum Gasteiger partial charge on any atom is 0.271 e. The smallest absolute Gasteiger partial charge is 0.271 e. The average molecular weight is 330 g/mol. The van der Waals surface area contributed by atoms with Crippen LogP contribution in [-0.4, -0.2) is 27.1 Å². The topological polar surface area (TPSA) is 148 Å². The van der Waals surface area contributed by atoms with E-state index in [-0.39, 0.29) is 28.3 Å². The summed E-state index contributed by atoms with van der Waals surface area (Å²) in [5.74, 6) is -0.875. The molecule has 0 aliphatic rings. The summed E-state index contributed by atoms with van der Waals surface area (Å²) >= 11 is 0. The van der Waals surface area contributed by atoms with Gasteiger partial charge in [0.2, 0.25) is 0 Å². The van der Waals surface area contributed by atoms with Gasteiger partial charge in [-0.2, -0.15) is 5.10 Å². The predicted molar refractivity (Wildman–Crippen MR) is 82.9 cm³/mol. The fourth-order valence-electron chi connectivity index (χ4n) is 1.72. The second kappa shape index (κ2) is 6.96. The Morgan fingerprint density at radius 3 is 2.21 bits per heavy atom. The number of aromatic hydroxyl groups is 1. The minimum absolute atomic E-state index is 0.0493. The fraction of sp³-hybridized carbons (Fsp3) is 0. The van der Waals surface area contributed by atoms with Crippen LogP contribution in [0.15, 0.2) is 47.6 Å². The van der Waals surface area contributed by atoms with E-state index >= 15 is 0 Å². The van der Waals surface area contributed by atoms with Crippen LogP contribution in [0.25, 0.3) is 0 Å². The summed E-state index contributed by atoms with van der Waals surface area (Å²) in [4.78, 5) is 31.8. The van der Waals surface area contributed by atoms with Crippen molar-refractivity contribution in [3.8, 4) is 5.75 Å². The van der Waals surface area contributed by atoms with Crippen molar-refractivity contribution in [2.24, 2.45) is 5.10 Å². The SMILES string of the molecule is O=C(N/N=C\c1cc([N+](=O)[O-])ccc1O)c1ccc([N+](=O)[O-])cc1. The standard InChI is InChI=1S/C14H10N4O6/c19-13-6-5-12(18(23)24)7-10(13)8-15-16-14(20)9-1-3-11(4-2-9)17(21)22/h1-8,19H,(H,16,20)/b15-8-. The number of phenolic OH excluding ortho intramolecular Hbond substituents is 1. The molecule has 2 rings (SSSR count). The van der Waals surface area contributed by atoms with Crippen LogP contribution in [0.3, 0.4) is 0 Å². The Labute approximate surface area is 134 Å². The van der Waals surface area contributed by atoms with Gasteiger partial charge in [-0.25, -0.2) is 5.43 Å². The van der Waals surface area contributed by atoms with E-state index in [4.69, 9.17) is 0 Å². The lowest BCUT2D eigenvalue weighted by Gasteiger charge is -2.01. The zero-order valence-electron chi connectivity index (χ0n) is 11.9. The van der Waals surface area contributed by atoms with Crippen LogP contribution in [0.5, 0.6) is 5.75 Å². The van der Waals surface area contributed by atoms with Crippen LogP contribution < -0.4 is 5.43 Å². The van der Waals surface area contributed by atoms with Crippen LogP contribution in [0.2, 0.25) is 0 Å². The molecule has 2 N–H and O–H groups in total. The molecule has 0 unspecified atom stereocenters. The first-order valence-corrected chi connectivity index (χ1v) is 6.44. The lowest BCUT2D eigenvalue weighted by atomic mass is 10.2. The minimum atomic E-state index is -0.633. The van der Waals surface area contributed by atoms with Crippen molar-refractivity contribution in [3.05, 3.63) is 73.8 Å². The summed E-state index contributed by atoms with van der Waals surface area (Å²) in [6.07, 6.45) is 1.05. The zero-order valence-corrected chi connectivity index (χ0v) is 11.9. The van der Waals surface area contributed by atoms with Gasteiger partial charge in [0.05, 0.1) is 16.1 Å². The van der Waals surface area contributed by atoms with Gasteiger partial charge in [-0.3, -0.25) is 25.0 Å². The monoisotopic (exact) mass is 330 g/mol. The van der Waals surface area contributed by atoms with Gasteiger partial charge in [-0.1, -0.05) is 0 Å². The van der Waals surface area contributed by atoms with Gasteiger partial charge in [0, 0.05) is 35.4 Å². The third kappa shape index (κ3) is 3.88. The molecule has 10 nitrogen and oxygen atoms in total. The maximum atomic E-state index is 11.8. The number of benzene rings is 2. The largest absolute Gasteiger partial charge is 0.507 e. The molecule has 1 amide bonds.